The number of phenolic OH excluding ortho intramolecular Hbond substituents is 1. The van der Waals surface area contributed by atoms with E-state index in [1.54, 1.807) is 13.0 Å². The van der Waals surface area contributed by atoms with Gasteiger partial charge in [-0.3, -0.25) is 14.4 Å². The Morgan fingerprint density at radius 3 is 1.47 bits per heavy atom. The van der Waals surface area contributed by atoms with Crippen LogP contribution >= 0.6 is 0 Å². The Morgan fingerprint density at radius 1 is 0.679 bits per heavy atom. The zero-order valence-corrected chi connectivity index (χ0v) is 34.5. The van der Waals surface area contributed by atoms with Crippen LogP contribution in [0, 0.1) is 5.41 Å². The molecule has 1 heterocycles. The van der Waals surface area contributed by atoms with E-state index in [1.807, 2.05) is 67.5 Å². The summed E-state index contributed by atoms with van der Waals surface area (Å²) in [6.07, 6.45) is 3.31. The molecule has 0 saturated heterocycles. The Bertz CT molecular complexity index is 1660. The summed E-state index contributed by atoms with van der Waals surface area (Å²) >= 11 is 0. The third kappa shape index (κ3) is 12.0. The molecular weight excluding hydrogens is 668 g/mol. The highest BCUT2D eigenvalue weighted by Crippen LogP contribution is 2.50. The summed E-state index contributed by atoms with van der Waals surface area (Å²) in [4.78, 5) is 38.8. The second-order valence-corrected chi connectivity index (χ2v) is 18.6. The van der Waals surface area contributed by atoms with Crippen LogP contribution in [0.2, 0.25) is 0 Å². The molecule has 0 saturated carbocycles. The number of fused-ring (bicyclic) bond motifs is 1. The van der Waals surface area contributed by atoms with Gasteiger partial charge in [-0.15, -0.1) is 0 Å². The van der Waals surface area contributed by atoms with E-state index in [9.17, 15) is 19.5 Å². The van der Waals surface area contributed by atoms with Crippen molar-refractivity contribution in [2.24, 2.45) is 5.41 Å². The number of ether oxygens (including phenoxy) is 4. The first-order valence-corrected chi connectivity index (χ1v) is 18.8. The predicted octanol–water partition coefficient (Wildman–Crippen LogP) is 9.64. The molecule has 1 aliphatic heterocycles. The fourth-order valence-corrected chi connectivity index (χ4v) is 6.16. The molecule has 8 nitrogen and oxygen atoms in total. The third-order valence-corrected chi connectivity index (χ3v) is 9.67. The molecule has 1 aliphatic rings. The second kappa shape index (κ2) is 16.5. The maximum atomic E-state index is 13.1. The Labute approximate surface area is 318 Å². The number of carbonyl (C=O) groups excluding carboxylic acids is 3. The summed E-state index contributed by atoms with van der Waals surface area (Å²) in [7, 11) is 0. The van der Waals surface area contributed by atoms with E-state index in [1.165, 1.54) is 0 Å². The van der Waals surface area contributed by atoms with Crippen LogP contribution < -0.4 is 4.74 Å². The van der Waals surface area contributed by atoms with Gasteiger partial charge in [0.15, 0.2) is 0 Å². The van der Waals surface area contributed by atoms with Crippen molar-refractivity contribution in [2.45, 2.75) is 143 Å². The molecule has 8 heteroatoms. The molecule has 0 spiro atoms. The van der Waals surface area contributed by atoms with Crippen LogP contribution in [0.5, 0.6) is 11.5 Å². The molecule has 53 heavy (non-hydrogen) atoms. The largest absolute Gasteiger partial charge is 0.507 e. The number of esters is 3. The molecule has 2 aromatic carbocycles. The van der Waals surface area contributed by atoms with Crippen LogP contribution in [0.1, 0.15) is 142 Å². The molecule has 0 radical (unpaired) electrons. The Morgan fingerprint density at radius 2 is 1.08 bits per heavy atom. The SMILES string of the molecule is C=CC(=C)CCC(=O)OCC(C)(COC(=O)CCc1cc(C(C)(C)C)c(O)c(C(C)(C)C)c1)COC(=O)CCc1cc(C(C)(C)C)c2c(c1)C(C)(C)O2. The Kier molecular flexibility index (Phi) is 13.5. The molecule has 0 fully saturated rings. The first kappa shape index (κ1) is 43.3. The van der Waals surface area contributed by atoms with E-state index in [0.29, 0.717) is 19.3 Å². The van der Waals surface area contributed by atoms with Crippen LogP contribution in [0.15, 0.2) is 49.1 Å². The minimum Gasteiger partial charge on any atom is -0.507 e. The molecule has 1 unspecified atom stereocenters. The van der Waals surface area contributed by atoms with E-state index in [2.05, 4.69) is 46.1 Å². The van der Waals surface area contributed by atoms with E-state index < -0.39 is 23.3 Å². The smallest absolute Gasteiger partial charge is 0.306 e. The number of benzene rings is 2. The van der Waals surface area contributed by atoms with Crippen molar-refractivity contribution in [3.05, 3.63) is 82.5 Å². The average Bonchev–Trinajstić information content (AvgIpc) is 3.04. The lowest BCUT2D eigenvalue weighted by Gasteiger charge is -2.42. The van der Waals surface area contributed by atoms with Crippen LogP contribution in [0.25, 0.3) is 0 Å². The molecule has 0 aromatic heterocycles. The number of allylic oxidation sites excluding steroid dienone is 2. The number of carbonyl (C=O) groups is 3. The number of aromatic hydroxyl groups is 1. The summed E-state index contributed by atoms with van der Waals surface area (Å²) < 4.78 is 23.2. The lowest BCUT2D eigenvalue weighted by atomic mass is 9.78. The van der Waals surface area contributed by atoms with Crippen molar-refractivity contribution in [3.8, 4) is 11.5 Å². The van der Waals surface area contributed by atoms with Gasteiger partial charge in [0.1, 0.15) is 36.9 Å². The van der Waals surface area contributed by atoms with Crippen LogP contribution in [0.3, 0.4) is 0 Å². The predicted molar refractivity (Wildman–Crippen MR) is 210 cm³/mol. The summed E-state index contributed by atoms with van der Waals surface area (Å²) in [6, 6.07) is 8.14. The zero-order chi connectivity index (χ0) is 40.2. The molecule has 0 aliphatic carbocycles. The van der Waals surface area contributed by atoms with Gasteiger partial charge in [-0.05, 0) is 84.6 Å². The zero-order valence-electron chi connectivity index (χ0n) is 34.5. The second-order valence-electron chi connectivity index (χ2n) is 18.6. The van der Waals surface area contributed by atoms with Crippen LogP contribution in [0.4, 0.5) is 0 Å². The first-order valence-electron chi connectivity index (χ1n) is 18.8. The maximum absolute atomic E-state index is 13.1. The summed E-state index contributed by atoms with van der Waals surface area (Å²) in [6.45, 7) is 31.8. The molecule has 0 bridgehead atoms. The van der Waals surface area contributed by atoms with Gasteiger partial charge in [-0.25, -0.2) is 0 Å². The lowest BCUT2D eigenvalue weighted by Crippen LogP contribution is -2.37. The van der Waals surface area contributed by atoms with Gasteiger partial charge in [0, 0.05) is 30.4 Å². The standard InChI is InChI=1S/C45H64O8/c1-15-29(2)16-19-36(46)50-26-45(14,27-51-37(47)20-17-30-22-32(41(3,4)5)39(49)33(23-30)42(6,7)8)28-52-38(48)21-18-31-24-34(43(9,10)11)40-35(25-31)44(12,13)53-40/h15,22-25,49H,1-2,16-21,26-28H2,3-14H3. The topological polar surface area (TPSA) is 108 Å². The van der Waals surface area contributed by atoms with Gasteiger partial charge < -0.3 is 24.1 Å². The van der Waals surface area contributed by atoms with Gasteiger partial charge in [-0.2, -0.15) is 0 Å². The molecular formula is C45H64O8. The molecule has 1 N–H and O–H groups in total. The fourth-order valence-electron chi connectivity index (χ4n) is 6.16. The molecule has 2 aromatic rings. The fraction of sp³-hybridized carbons (Fsp3) is 0.578. The number of hydrogen-bond acceptors (Lipinski definition) is 8. The number of aryl methyl sites for hydroxylation is 2. The van der Waals surface area contributed by atoms with Crippen LogP contribution in [-0.4, -0.2) is 42.8 Å². The van der Waals surface area contributed by atoms with E-state index in [0.717, 1.165) is 44.7 Å². The summed E-state index contributed by atoms with van der Waals surface area (Å²) in [5.74, 6) is -0.0509. The highest BCUT2D eigenvalue weighted by atomic mass is 16.6. The van der Waals surface area contributed by atoms with Gasteiger partial charge in [0.25, 0.3) is 0 Å². The van der Waals surface area contributed by atoms with Gasteiger partial charge in [0.2, 0.25) is 0 Å². The number of phenols is 1. The third-order valence-electron chi connectivity index (χ3n) is 9.67. The minimum atomic E-state index is -0.982. The van der Waals surface area contributed by atoms with Crippen molar-refractivity contribution >= 4 is 17.9 Å². The van der Waals surface area contributed by atoms with Crippen molar-refractivity contribution in [1.82, 2.24) is 0 Å². The van der Waals surface area contributed by atoms with Gasteiger partial charge in [-0.1, -0.05) is 105 Å². The molecule has 3 rings (SSSR count). The van der Waals surface area contributed by atoms with Gasteiger partial charge >= 0.3 is 17.9 Å². The number of rotatable bonds is 16. The maximum Gasteiger partial charge on any atom is 0.306 e. The molecule has 0 amide bonds. The van der Waals surface area contributed by atoms with Crippen LogP contribution in [-0.2, 0) is 63.3 Å². The quantitative estimate of drug-likeness (QED) is 0.103. The lowest BCUT2D eigenvalue weighted by molar-refractivity contribution is -0.160. The van der Waals surface area contributed by atoms with Crippen molar-refractivity contribution in [1.29, 1.82) is 0 Å². The summed E-state index contributed by atoms with van der Waals surface area (Å²) in [5, 5.41) is 11.1. The summed E-state index contributed by atoms with van der Waals surface area (Å²) in [5.41, 5.74) is 4.52. The van der Waals surface area contributed by atoms with Crippen molar-refractivity contribution in [3.63, 3.8) is 0 Å². The van der Waals surface area contributed by atoms with Crippen molar-refractivity contribution in [2.75, 3.05) is 19.8 Å². The monoisotopic (exact) mass is 732 g/mol. The van der Waals surface area contributed by atoms with E-state index in [4.69, 9.17) is 18.9 Å². The Hall–Kier alpha value is -4.07. The Balaban J connectivity index is 1.69. The van der Waals surface area contributed by atoms with Crippen molar-refractivity contribution < 1.29 is 38.4 Å². The first-order chi connectivity index (χ1) is 24.3. The normalized spacial score (nSPS) is 14.9. The average molecular weight is 733 g/mol. The molecule has 1 atom stereocenters. The van der Waals surface area contributed by atoms with E-state index >= 15 is 0 Å². The molecule has 292 valence electrons. The highest BCUT2D eigenvalue weighted by molar-refractivity contribution is 5.71. The highest BCUT2D eigenvalue weighted by Gasteiger charge is 2.41. The minimum absolute atomic E-state index is 0.105. The van der Waals surface area contributed by atoms with E-state index in [-0.39, 0.29) is 66.7 Å². The van der Waals surface area contributed by atoms with Gasteiger partial charge in [0.05, 0.1) is 5.41 Å². The number of hydrogen-bond donors (Lipinski definition) is 1.